The standard InChI is InChI=1S/C15H17N3O2S/c1-10-2-3-11(15(19)20)12(14-17-6-9-21-14)13(10)18-7-4-16-5-8-18/h2-3,6,9,16H,4-5,7-8H2,1H3,(H,19,20). The fourth-order valence-electron chi connectivity index (χ4n) is 2.73. The molecule has 0 unspecified atom stereocenters. The van der Waals surface area contributed by atoms with E-state index in [0.717, 1.165) is 48.0 Å². The van der Waals surface area contributed by atoms with E-state index in [1.54, 1.807) is 12.3 Å². The highest BCUT2D eigenvalue weighted by molar-refractivity contribution is 7.13. The van der Waals surface area contributed by atoms with Crippen LogP contribution in [0.2, 0.25) is 0 Å². The summed E-state index contributed by atoms with van der Waals surface area (Å²) in [6.45, 7) is 5.60. The van der Waals surface area contributed by atoms with Gasteiger partial charge in [-0.1, -0.05) is 6.07 Å². The molecular weight excluding hydrogens is 286 g/mol. The molecule has 2 N–H and O–H groups in total. The Morgan fingerprint density at radius 2 is 2.14 bits per heavy atom. The number of carboxylic acids is 1. The first-order valence-electron chi connectivity index (χ1n) is 6.91. The van der Waals surface area contributed by atoms with E-state index >= 15 is 0 Å². The minimum absolute atomic E-state index is 0.323. The van der Waals surface area contributed by atoms with Gasteiger partial charge in [0.2, 0.25) is 0 Å². The SMILES string of the molecule is Cc1ccc(C(=O)O)c(-c2nccs2)c1N1CCNCC1. The van der Waals surface area contributed by atoms with Crippen LogP contribution in [0.15, 0.2) is 23.7 Å². The Labute approximate surface area is 127 Å². The van der Waals surface area contributed by atoms with E-state index in [4.69, 9.17) is 0 Å². The summed E-state index contributed by atoms with van der Waals surface area (Å²) >= 11 is 1.48. The minimum atomic E-state index is -0.906. The predicted octanol–water partition coefficient (Wildman–Crippen LogP) is 2.23. The van der Waals surface area contributed by atoms with E-state index in [-0.39, 0.29) is 0 Å². The number of hydrogen-bond donors (Lipinski definition) is 2. The zero-order chi connectivity index (χ0) is 14.8. The zero-order valence-corrected chi connectivity index (χ0v) is 12.6. The third-order valence-electron chi connectivity index (χ3n) is 3.69. The van der Waals surface area contributed by atoms with Crippen molar-refractivity contribution in [2.24, 2.45) is 0 Å². The second-order valence-corrected chi connectivity index (χ2v) is 5.93. The van der Waals surface area contributed by atoms with E-state index in [1.165, 1.54) is 11.3 Å². The van der Waals surface area contributed by atoms with Gasteiger partial charge in [-0.2, -0.15) is 0 Å². The molecule has 1 aliphatic rings. The van der Waals surface area contributed by atoms with E-state index in [0.29, 0.717) is 5.56 Å². The van der Waals surface area contributed by atoms with Gasteiger partial charge in [-0.15, -0.1) is 11.3 Å². The first-order chi connectivity index (χ1) is 10.2. The first kappa shape index (κ1) is 14.0. The van der Waals surface area contributed by atoms with Crippen molar-refractivity contribution in [2.75, 3.05) is 31.1 Å². The molecule has 0 saturated carbocycles. The van der Waals surface area contributed by atoms with Gasteiger partial charge in [-0.05, 0) is 18.6 Å². The molecule has 21 heavy (non-hydrogen) atoms. The number of aromatic carboxylic acids is 1. The number of carboxylic acid groups (broad SMARTS) is 1. The van der Waals surface area contributed by atoms with Gasteiger partial charge in [0.25, 0.3) is 0 Å². The van der Waals surface area contributed by atoms with Crippen LogP contribution in [-0.4, -0.2) is 42.2 Å². The Balaban J connectivity index is 2.20. The molecule has 6 heteroatoms. The summed E-state index contributed by atoms with van der Waals surface area (Å²) in [5.74, 6) is -0.906. The largest absolute Gasteiger partial charge is 0.478 e. The topological polar surface area (TPSA) is 65.5 Å². The van der Waals surface area contributed by atoms with Crippen LogP contribution in [0.4, 0.5) is 5.69 Å². The van der Waals surface area contributed by atoms with Crippen molar-refractivity contribution in [3.63, 3.8) is 0 Å². The Hall–Kier alpha value is -1.92. The highest BCUT2D eigenvalue weighted by atomic mass is 32.1. The molecule has 0 radical (unpaired) electrons. The van der Waals surface area contributed by atoms with Crippen molar-refractivity contribution in [3.05, 3.63) is 34.8 Å². The fraction of sp³-hybridized carbons (Fsp3) is 0.333. The van der Waals surface area contributed by atoms with Crippen LogP contribution in [-0.2, 0) is 0 Å². The smallest absolute Gasteiger partial charge is 0.336 e. The van der Waals surface area contributed by atoms with E-state index in [9.17, 15) is 9.90 Å². The molecule has 0 spiro atoms. The Bertz CT molecular complexity index is 649. The molecule has 5 nitrogen and oxygen atoms in total. The van der Waals surface area contributed by atoms with Crippen molar-refractivity contribution in [1.82, 2.24) is 10.3 Å². The van der Waals surface area contributed by atoms with Gasteiger partial charge < -0.3 is 15.3 Å². The van der Waals surface area contributed by atoms with Gasteiger partial charge in [0.05, 0.1) is 11.3 Å². The van der Waals surface area contributed by atoms with Gasteiger partial charge in [0.1, 0.15) is 5.01 Å². The molecule has 1 aromatic heterocycles. The summed E-state index contributed by atoms with van der Waals surface area (Å²) in [7, 11) is 0. The monoisotopic (exact) mass is 303 g/mol. The highest BCUT2D eigenvalue weighted by Crippen LogP contribution is 2.38. The minimum Gasteiger partial charge on any atom is -0.478 e. The number of rotatable bonds is 3. The predicted molar refractivity (Wildman–Crippen MR) is 84.3 cm³/mol. The zero-order valence-electron chi connectivity index (χ0n) is 11.8. The third-order valence-corrected chi connectivity index (χ3v) is 4.48. The average Bonchev–Trinajstić information content (AvgIpc) is 3.01. The maximum Gasteiger partial charge on any atom is 0.336 e. The second kappa shape index (κ2) is 5.83. The summed E-state index contributed by atoms with van der Waals surface area (Å²) in [6, 6.07) is 3.57. The number of aryl methyl sites for hydroxylation is 1. The summed E-state index contributed by atoms with van der Waals surface area (Å²) in [5, 5.41) is 15.5. The lowest BCUT2D eigenvalue weighted by Gasteiger charge is -2.32. The highest BCUT2D eigenvalue weighted by Gasteiger charge is 2.24. The normalized spacial score (nSPS) is 15.2. The number of piperazine rings is 1. The molecule has 1 fully saturated rings. The lowest BCUT2D eigenvalue weighted by Crippen LogP contribution is -2.44. The van der Waals surface area contributed by atoms with Gasteiger partial charge in [0.15, 0.2) is 0 Å². The van der Waals surface area contributed by atoms with Crippen LogP contribution in [0.5, 0.6) is 0 Å². The van der Waals surface area contributed by atoms with E-state index in [1.807, 2.05) is 18.4 Å². The number of benzene rings is 1. The number of nitrogens with zero attached hydrogens (tertiary/aromatic N) is 2. The molecule has 0 atom stereocenters. The average molecular weight is 303 g/mol. The van der Waals surface area contributed by atoms with Gasteiger partial charge in [-0.3, -0.25) is 0 Å². The van der Waals surface area contributed by atoms with Crippen LogP contribution >= 0.6 is 11.3 Å². The van der Waals surface area contributed by atoms with Crippen LogP contribution in [0, 0.1) is 6.92 Å². The van der Waals surface area contributed by atoms with Crippen molar-refractivity contribution in [2.45, 2.75) is 6.92 Å². The molecule has 0 aliphatic carbocycles. The van der Waals surface area contributed by atoms with Gasteiger partial charge in [0, 0.05) is 43.3 Å². The maximum atomic E-state index is 11.6. The second-order valence-electron chi connectivity index (χ2n) is 5.03. The summed E-state index contributed by atoms with van der Waals surface area (Å²) in [6.07, 6.45) is 1.72. The molecule has 2 heterocycles. The number of anilines is 1. The van der Waals surface area contributed by atoms with Crippen molar-refractivity contribution in [3.8, 4) is 10.6 Å². The van der Waals surface area contributed by atoms with E-state index in [2.05, 4.69) is 15.2 Å². The molecule has 0 bridgehead atoms. The summed E-state index contributed by atoms with van der Waals surface area (Å²) in [4.78, 5) is 18.2. The molecule has 2 aromatic rings. The Morgan fingerprint density at radius 1 is 1.38 bits per heavy atom. The molecule has 3 rings (SSSR count). The Kier molecular flexibility index (Phi) is 3.90. The molecule has 1 aromatic carbocycles. The fourth-order valence-corrected chi connectivity index (χ4v) is 3.43. The molecule has 1 aliphatic heterocycles. The van der Waals surface area contributed by atoms with Crippen LogP contribution < -0.4 is 10.2 Å². The van der Waals surface area contributed by atoms with Crippen molar-refractivity contribution >= 4 is 23.0 Å². The third kappa shape index (κ3) is 2.64. The van der Waals surface area contributed by atoms with Gasteiger partial charge in [-0.25, -0.2) is 9.78 Å². The quantitative estimate of drug-likeness (QED) is 0.910. The summed E-state index contributed by atoms with van der Waals surface area (Å²) in [5.41, 5.74) is 3.17. The lowest BCUT2D eigenvalue weighted by molar-refractivity contribution is 0.0698. The number of thiazole rings is 1. The van der Waals surface area contributed by atoms with Gasteiger partial charge >= 0.3 is 5.97 Å². The molecule has 1 saturated heterocycles. The van der Waals surface area contributed by atoms with Crippen molar-refractivity contribution < 1.29 is 9.90 Å². The molecular formula is C15H17N3O2S. The summed E-state index contributed by atoms with van der Waals surface area (Å²) < 4.78 is 0. The van der Waals surface area contributed by atoms with Crippen LogP contribution in [0.25, 0.3) is 10.6 Å². The first-order valence-corrected chi connectivity index (χ1v) is 7.79. The number of hydrogen-bond acceptors (Lipinski definition) is 5. The van der Waals surface area contributed by atoms with Crippen molar-refractivity contribution in [1.29, 1.82) is 0 Å². The maximum absolute atomic E-state index is 11.6. The van der Waals surface area contributed by atoms with Crippen LogP contribution in [0.1, 0.15) is 15.9 Å². The number of aromatic nitrogens is 1. The van der Waals surface area contributed by atoms with E-state index < -0.39 is 5.97 Å². The van der Waals surface area contributed by atoms with Crippen LogP contribution in [0.3, 0.4) is 0 Å². The molecule has 110 valence electrons. The lowest BCUT2D eigenvalue weighted by atomic mass is 10.00. The Morgan fingerprint density at radius 3 is 2.76 bits per heavy atom. The number of nitrogens with one attached hydrogen (secondary N) is 1. The molecule has 0 amide bonds. The number of carbonyl (C=O) groups is 1.